The molecule has 1 aromatic carbocycles. The number of piperidine rings is 1. The number of likely N-dealkylation sites (tertiary alicyclic amines) is 1. The number of benzene rings is 1. The molecular formula is C23H27N3O2S. The number of rotatable bonds is 5. The Hall–Kier alpha value is -2.60. The van der Waals surface area contributed by atoms with E-state index in [1.54, 1.807) is 0 Å². The summed E-state index contributed by atoms with van der Waals surface area (Å²) in [6.07, 6.45) is 4.44. The fourth-order valence-corrected chi connectivity index (χ4v) is 4.78. The van der Waals surface area contributed by atoms with Crippen molar-refractivity contribution in [3.63, 3.8) is 0 Å². The molecule has 4 rings (SSSR count). The Kier molecular flexibility index (Phi) is 5.72. The Morgan fingerprint density at radius 2 is 1.90 bits per heavy atom. The molecule has 0 saturated carbocycles. The van der Waals surface area contributed by atoms with Crippen LogP contribution in [0.5, 0.6) is 0 Å². The van der Waals surface area contributed by atoms with E-state index >= 15 is 0 Å². The van der Waals surface area contributed by atoms with E-state index in [2.05, 4.69) is 35.0 Å². The second-order valence-corrected chi connectivity index (χ2v) is 8.83. The summed E-state index contributed by atoms with van der Waals surface area (Å²) in [5.74, 6) is 0.209. The second-order valence-electron chi connectivity index (χ2n) is 7.77. The fourth-order valence-electron chi connectivity index (χ4n) is 3.81. The van der Waals surface area contributed by atoms with Gasteiger partial charge in [-0.25, -0.2) is 0 Å². The van der Waals surface area contributed by atoms with Gasteiger partial charge in [-0.3, -0.25) is 9.59 Å². The van der Waals surface area contributed by atoms with Gasteiger partial charge < -0.3 is 14.8 Å². The predicted molar refractivity (Wildman–Crippen MR) is 118 cm³/mol. The maximum atomic E-state index is 13.0. The molecule has 1 fully saturated rings. The van der Waals surface area contributed by atoms with Crippen LogP contribution in [0.25, 0.3) is 15.9 Å². The number of hydrogen-bond acceptors (Lipinski definition) is 3. The first kappa shape index (κ1) is 19.7. The number of nitrogens with zero attached hydrogens (tertiary/aromatic N) is 2. The van der Waals surface area contributed by atoms with Gasteiger partial charge in [-0.2, -0.15) is 0 Å². The van der Waals surface area contributed by atoms with Crippen LogP contribution in [0.15, 0.2) is 48.7 Å². The van der Waals surface area contributed by atoms with E-state index in [0.717, 1.165) is 34.7 Å². The van der Waals surface area contributed by atoms with Crippen molar-refractivity contribution in [2.24, 2.45) is 5.92 Å². The number of thiophene rings is 1. The molecule has 5 nitrogen and oxygen atoms in total. The SMILES string of the molecule is CC[C@H](C)NC(=O)C1CCN(C(=O)c2ccc(-n3ccc4ccccc43)s2)CC1. The standard InChI is InChI=1S/C23H27N3O2S/c1-3-16(2)24-22(27)18-10-13-25(14-11-18)23(28)20-8-9-21(29-20)26-15-12-17-6-4-5-7-19(17)26/h4-9,12,15-16,18H,3,10-11,13-14H2,1-2H3,(H,24,27)/t16-/m0/s1. The van der Waals surface area contributed by atoms with Crippen LogP contribution in [0, 0.1) is 5.92 Å². The first-order valence-corrected chi connectivity index (χ1v) is 11.1. The van der Waals surface area contributed by atoms with E-state index in [1.165, 1.54) is 16.7 Å². The molecule has 2 amide bonds. The summed E-state index contributed by atoms with van der Waals surface area (Å²) >= 11 is 1.52. The third-order valence-electron chi connectivity index (χ3n) is 5.79. The number of carbonyl (C=O) groups excluding carboxylic acids is 2. The monoisotopic (exact) mass is 409 g/mol. The number of nitrogens with one attached hydrogen (secondary N) is 1. The number of aromatic nitrogens is 1. The second kappa shape index (κ2) is 8.41. The van der Waals surface area contributed by atoms with Crippen molar-refractivity contribution in [1.29, 1.82) is 0 Å². The van der Waals surface area contributed by atoms with Gasteiger partial charge in [-0.15, -0.1) is 11.3 Å². The minimum absolute atomic E-state index is 0.0122. The van der Waals surface area contributed by atoms with Gasteiger partial charge in [-0.1, -0.05) is 25.1 Å². The van der Waals surface area contributed by atoms with E-state index in [-0.39, 0.29) is 23.8 Å². The van der Waals surface area contributed by atoms with E-state index < -0.39 is 0 Å². The van der Waals surface area contributed by atoms with Gasteiger partial charge in [0, 0.05) is 31.2 Å². The van der Waals surface area contributed by atoms with Crippen molar-refractivity contribution in [1.82, 2.24) is 14.8 Å². The van der Waals surface area contributed by atoms with Crippen LogP contribution in [0.4, 0.5) is 0 Å². The molecule has 0 unspecified atom stereocenters. The minimum atomic E-state index is 0.0122. The predicted octanol–water partition coefficient (Wildman–Crippen LogP) is 4.46. The molecule has 152 valence electrons. The van der Waals surface area contributed by atoms with E-state index in [9.17, 15) is 9.59 Å². The van der Waals surface area contributed by atoms with Gasteiger partial charge in [0.1, 0.15) is 5.00 Å². The lowest BCUT2D eigenvalue weighted by Crippen LogP contribution is -2.44. The third-order valence-corrected chi connectivity index (χ3v) is 6.87. The van der Waals surface area contributed by atoms with Crippen LogP contribution in [-0.2, 0) is 4.79 Å². The number of para-hydroxylation sites is 1. The molecule has 6 heteroatoms. The van der Waals surface area contributed by atoms with Crippen LogP contribution >= 0.6 is 11.3 Å². The zero-order valence-corrected chi connectivity index (χ0v) is 17.7. The van der Waals surface area contributed by atoms with Crippen molar-refractivity contribution in [3.8, 4) is 5.00 Å². The Morgan fingerprint density at radius 1 is 1.14 bits per heavy atom. The highest BCUT2D eigenvalue weighted by atomic mass is 32.1. The highest BCUT2D eigenvalue weighted by molar-refractivity contribution is 7.16. The van der Waals surface area contributed by atoms with Gasteiger partial charge in [0.25, 0.3) is 5.91 Å². The van der Waals surface area contributed by atoms with Gasteiger partial charge in [-0.05, 0) is 55.8 Å². The molecule has 0 spiro atoms. The van der Waals surface area contributed by atoms with Crippen LogP contribution < -0.4 is 5.32 Å². The molecule has 2 aromatic heterocycles. The molecule has 3 heterocycles. The number of hydrogen-bond donors (Lipinski definition) is 1. The number of carbonyl (C=O) groups is 2. The van der Waals surface area contributed by atoms with Crippen LogP contribution in [0.1, 0.15) is 42.8 Å². The Bertz CT molecular complexity index is 1010. The van der Waals surface area contributed by atoms with Gasteiger partial charge >= 0.3 is 0 Å². The number of amides is 2. The molecular weight excluding hydrogens is 382 g/mol. The molecule has 3 aromatic rings. The maximum absolute atomic E-state index is 13.0. The third kappa shape index (κ3) is 4.08. The van der Waals surface area contributed by atoms with Crippen molar-refractivity contribution in [3.05, 3.63) is 53.5 Å². The summed E-state index contributed by atoms with van der Waals surface area (Å²) in [5.41, 5.74) is 1.14. The highest BCUT2D eigenvalue weighted by Crippen LogP contribution is 2.28. The molecule has 29 heavy (non-hydrogen) atoms. The molecule has 1 aliphatic rings. The average Bonchev–Trinajstić information content (AvgIpc) is 3.40. The van der Waals surface area contributed by atoms with E-state index in [1.807, 2.05) is 42.3 Å². The van der Waals surface area contributed by atoms with Gasteiger partial charge in [0.2, 0.25) is 5.91 Å². The van der Waals surface area contributed by atoms with Gasteiger partial charge in [0.05, 0.1) is 10.4 Å². The van der Waals surface area contributed by atoms with Crippen molar-refractivity contribution in [2.45, 2.75) is 39.2 Å². The first-order chi connectivity index (χ1) is 14.1. The highest BCUT2D eigenvalue weighted by Gasteiger charge is 2.28. The lowest BCUT2D eigenvalue weighted by atomic mass is 9.95. The lowest BCUT2D eigenvalue weighted by Gasteiger charge is -2.31. The molecule has 0 bridgehead atoms. The van der Waals surface area contributed by atoms with E-state index in [0.29, 0.717) is 13.1 Å². The largest absolute Gasteiger partial charge is 0.353 e. The summed E-state index contributed by atoms with van der Waals surface area (Å²) in [6.45, 7) is 5.37. The number of fused-ring (bicyclic) bond motifs is 1. The summed E-state index contributed by atoms with van der Waals surface area (Å²) < 4.78 is 2.13. The van der Waals surface area contributed by atoms with Crippen LogP contribution in [0.2, 0.25) is 0 Å². The molecule has 1 atom stereocenters. The molecule has 0 radical (unpaired) electrons. The molecule has 1 N–H and O–H groups in total. The Balaban J connectivity index is 1.41. The molecule has 0 aliphatic carbocycles. The summed E-state index contributed by atoms with van der Waals surface area (Å²) in [6, 6.07) is 14.5. The first-order valence-electron chi connectivity index (χ1n) is 10.3. The normalized spacial score (nSPS) is 16.1. The Labute approximate surface area is 175 Å². The summed E-state index contributed by atoms with van der Waals surface area (Å²) in [7, 11) is 0. The zero-order chi connectivity index (χ0) is 20.4. The fraction of sp³-hybridized carbons (Fsp3) is 0.391. The van der Waals surface area contributed by atoms with Gasteiger partial charge in [0.15, 0.2) is 0 Å². The molecule has 1 aliphatic heterocycles. The average molecular weight is 410 g/mol. The maximum Gasteiger partial charge on any atom is 0.263 e. The molecule has 1 saturated heterocycles. The smallest absolute Gasteiger partial charge is 0.263 e. The van der Waals surface area contributed by atoms with Crippen LogP contribution in [-0.4, -0.2) is 40.4 Å². The van der Waals surface area contributed by atoms with E-state index in [4.69, 9.17) is 0 Å². The lowest BCUT2D eigenvalue weighted by molar-refractivity contribution is -0.126. The quantitative estimate of drug-likeness (QED) is 0.676. The summed E-state index contributed by atoms with van der Waals surface area (Å²) in [4.78, 5) is 27.9. The van der Waals surface area contributed by atoms with Crippen molar-refractivity contribution < 1.29 is 9.59 Å². The van der Waals surface area contributed by atoms with Crippen LogP contribution in [0.3, 0.4) is 0 Å². The minimum Gasteiger partial charge on any atom is -0.353 e. The Morgan fingerprint density at radius 3 is 2.66 bits per heavy atom. The topological polar surface area (TPSA) is 54.3 Å². The summed E-state index contributed by atoms with van der Waals surface area (Å²) in [5, 5.41) is 5.29. The zero-order valence-electron chi connectivity index (χ0n) is 16.9. The van der Waals surface area contributed by atoms with Crippen molar-refractivity contribution in [2.75, 3.05) is 13.1 Å². The van der Waals surface area contributed by atoms with Crippen molar-refractivity contribution >= 4 is 34.1 Å².